The third-order valence-electron chi connectivity index (χ3n) is 4.23. The maximum absolute atomic E-state index is 12.9. The van der Waals surface area contributed by atoms with Crippen molar-refractivity contribution in [2.24, 2.45) is 0 Å². The van der Waals surface area contributed by atoms with Crippen LogP contribution in [-0.4, -0.2) is 31.2 Å². The summed E-state index contributed by atoms with van der Waals surface area (Å²) in [5, 5.41) is 12.2. The van der Waals surface area contributed by atoms with E-state index in [4.69, 9.17) is 16.9 Å². The van der Waals surface area contributed by atoms with Crippen molar-refractivity contribution in [3.63, 3.8) is 0 Å². The largest absolute Gasteiger partial charge is 0.323 e. The summed E-state index contributed by atoms with van der Waals surface area (Å²) in [4.78, 5) is 12.8. The summed E-state index contributed by atoms with van der Waals surface area (Å²) >= 11 is 5.82. The van der Waals surface area contributed by atoms with Crippen molar-refractivity contribution >= 4 is 33.2 Å². The summed E-state index contributed by atoms with van der Waals surface area (Å²) in [7, 11) is -3.81. The number of nitrogens with zero attached hydrogens (tertiary/aromatic N) is 2. The van der Waals surface area contributed by atoms with Crippen molar-refractivity contribution in [2.45, 2.75) is 23.8 Å². The number of hydrogen-bond acceptors (Lipinski definition) is 4. The zero-order valence-corrected chi connectivity index (χ0v) is 15.3. The molecule has 0 bridgehead atoms. The van der Waals surface area contributed by atoms with E-state index >= 15 is 0 Å². The van der Waals surface area contributed by atoms with Crippen molar-refractivity contribution in [3.8, 4) is 6.07 Å². The van der Waals surface area contributed by atoms with Crippen LogP contribution in [0.2, 0.25) is 5.02 Å². The molecule has 0 spiro atoms. The molecule has 0 radical (unpaired) electrons. The first-order chi connectivity index (χ1) is 12.4. The first-order valence-electron chi connectivity index (χ1n) is 8.01. The minimum atomic E-state index is -3.81. The first-order valence-corrected chi connectivity index (χ1v) is 9.82. The van der Waals surface area contributed by atoms with Crippen LogP contribution in [0.3, 0.4) is 0 Å². The number of benzene rings is 2. The number of sulfonamides is 1. The van der Waals surface area contributed by atoms with E-state index in [0.717, 1.165) is 0 Å². The molecule has 3 rings (SSSR count). The molecule has 1 N–H and O–H groups in total. The van der Waals surface area contributed by atoms with Crippen molar-refractivity contribution in [2.75, 3.05) is 11.9 Å². The Balaban J connectivity index is 1.85. The molecule has 1 aliphatic rings. The Kier molecular flexibility index (Phi) is 5.28. The Morgan fingerprint density at radius 3 is 2.58 bits per heavy atom. The summed E-state index contributed by atoms with van der Waals surface area (Å²) in [6, 6.07) is 13.6. The predicted molar refractivity (Wildman–Crippen MR) is 98.2 cm³/mol. The van der Waals surface area contributed by atoms with E-state index in [-0.39, 0.29) is 11.4 Å². The average Bonchev–Trinajstić information content (AvgIpc) is 3.13. The van der Waals surface area contributed by atoms with Crippen LogP contribution < -0.4 is 5.32 Å². The predicted octanol–water partition coefficient (Wildman–Crippen LogP) is 3.00. The number of halogens is 1. The van der Waals surface area contributed by atoms with E-state index < -0.39 is 22.0 Å². The SMILES string of the molecule is N#Cc1ccccc1NC(=O)[C@@H]1CCCN1S(=O)(=O)c1ccc(Cl)cc1. The van der Waals surface area contributed by atoms with Crippen molar-refractivity contribution < 1.29 is 13.2 Å². The van der Waals surface area contributed by atoms with E-state index in [1.807, 2.05) is 6.07 Å². The van der Waals surface area contributed by atoms with E-state index in [2.05, 4.69) is 5.32 Å². The maximum atomic E-state index is 12.9. The summed E-state index contributed by atoms with van der Waals surface area (Å²) in [6.07, 6.45) is 1.01. The molecular weight excluding hydrogens is 374 g/mol. The van der Waals surface area contributed by atoms with E-state index in [9.17, 15) is 13.2 Å². The second kappa shape index (κ2) is 7.46. The molecule has 0 saturated carbocycles. The highest BCUT2D eigenvalue weighted by atomic mass is 35.5. The molecule has 0 unspecified atom stereocenters. The Bertz CT molecular complexity index is 968. The lowest BCUT2D eigenvalue weighted by Crippen LogP contribution is -2.43. The van der Waals surface area contributed by atoms with Crippen LogP contribution >= 0.6 is 11.6 Å². The number of nitriles is 1. The Labute approximate surface area is 157 Å². The number of carbonyl (C=O) groups excluding carboxylic acids is 1. The molecule has 1 aliphatic heterocycles. The molecule has 6 nitrogen and oxygen atoms in total. The Morgan fingerprint density at radius 2 is 1.88 bits per heavy atom. The van der Waals surface area contributed by atoms with E-state index in [1.165, 1.54) is 28.6 Å². The van der Waals surface area contributed by atoms with Gasteiger partial charge in [-0.25, -0.2) is 8.42 Å². The summed E-state index contributed by atoms with van der Waals surface area (Å²) in [5.74, 6) is -0.442. The number of anilines is 1. The van der Waals surface area contributed by atoms with Crippen LogP contribution in [0.1, 0.15) is 18.4 Å². The minimum absolute atomic E-state index is 0.0963. The van der Waals surface area contributed by atoms with Crippen LogP contribution in [0, 0.1) is 11.3 Å². The van der Waals surface area contributed by atoms with Gasteiger partial charge in [-0.3, -0.25) is 4.79 Å². The van der Waals surface area contributed by atoms with Crippen LogP contribution in [0.25, 0.3) is 0 Å². The average molecular weight is 390 g/mol. The van der Waals surface area contributed by atoms with Crippen molar-refractivity contribution in [3.05, 3.63) is 59.1 Å². The van der Waals surface area contributed by atoms with Crippen molar-refractivity contribution in [1.29, 1.82) is 5.26 Å². The highest BCUT2D eigenvalue weighted by Crippen LogP contribution is 2.28. The van der Waals surface area contributed by atoms with Crippen LogP contribution in [0.5, 0.6) is 0 Å². The van der Waals surface area contributed by atoms with Gasteiger partial charge in [-0.2, -0.15) is 9.57 Å². The normalized spacial score (nSPS) is 17.6. The number of amides is 1. The smallest absolute Gasteiger partial charge is 0.243 e. The number of rotatable bonds is 4. The summed E-state index contributed by atoms with van der Waals surface area (Å²) in [6.45, 7) is 0.267. The molecule has 1 saturated heterocycles. The molecule has 2 aromatic rings. The Hall–Kier alpha value is -2.40. The van der Waals surface area contributed by atoms with Gasteiger partial charge >= 0.3 is 0 Å². The molecule has 26 heavy (non-hydrogen) atoms. The quantitative estimate of drug-likeness (QED) is 0.870. The molecule has 0 aromatic heterocycles. The lowest BCUT2D eigenvalue weighted by Gasteiger charge is -2.23. The maximum Gasteiger partial charge on any atom is 0.243 e. The fraction of sp³-hybridized carbons (Fsp3) is 0.222. The molecule has 8 heteroatoms. The molecule has 1 heterocycles. The van der Waals surface area contributed by atoms with Gasteiger partial charge in [0.05, 0.1) is 16.1 Å². The zero-order valence-electron chi connectivity index (χ0n) is 13.7. The van der Waals surface area contributed by atoms with Gasteiger partial charge in [-0.15, -0.1) is 0 Å². The second-order valence-electron chi connectivity index (χ2n) is 5.87. The molecule has 1 atom stereocenters. The molecule has 134 valence electrons. The van der Waals surface area contributed by atoms with Gasteiger partial charge in [-0.05, 0) is 49.2 Å². The molecule has 1 fully saturated rings. The van der Waals surface area contributed by atoms with Crippen molar-refractivity contribution in [1.82, 2.24) is 4.31 Å². The monoisotopic (exact) mass is 389 g/mol. The highest BCUT2D eigenvalue weighted by molar-refractivity contribution is 7.89. The van der Waals surface area contributed by atoms with E-state index in [1.54, 1.807) is 24.3 Å². The fourth-order valence-corrected chi connectivity index (χ4v) is 4.72. The van der Waals surface area contributed by atoms with Gasteiger partial charge in [0.2, 0.25) is 15.9 Å². The summed E-state index contributed by atoms with van der Waals surface area (Å²) < 4.78 is 27.0. The van der Waals surface area contributed by atoms with E-state index in [0.29, 0.717) is 29.1 Å². The van der Waals surface area contributed by atoms with Gasteiger partial charge in [0, 0.05) is 11.6 Å². The third-order valence-corrected chi connectivity index (χ3v) is 6.41. The number of carbonyl (C=O) groups is 1. The standard InChI is InChI=1S/C18H16ClN3O3S/c19-14-7-9-15(10-8-14)26(24,25)22-11-3-6-17(22)18(23)21-16-5-2-1-4-13(16)12-20/h1-2,4-5,7-10,17H,3,6,11H2,(H,21,23)/t17-/m0/s1. The highest BCUT2D eigenvalue weighted by Gasteiger charge is 2.39. The second-order valence-corrected chi connectivity index (χ2v) is 8.20. The zero-order chi connectivity index (χ0) is 18.7. The minimum Gasteiger partial charge on any atom is -0.323 e. The lowest BCUT2D eigenvalue weighted by atomic mass is 10.1. The number of nitrogens with one attached hydrogen (secondary N) is 1. The van der Waals surface area contributed by atoms with Crippen LogP contribution in [0.15, 0.2) is 53.4 Å². The van der Waals surface area contributed by atoms with Crippen LogP contribution in [0.4, 0.5) is 5.69 Å². The summed E-state index contributed by atoms with van der Waals surface area (Å²) in [5.41, 5.74) is 0.696. The number of hydrogen-bond donors (Lipinski definition) is 1. The lowest BCUT2D eigenvalue weighted by molar-refractivity contribution is -0.119. The molecule has 2 aromatic carbocycles. The third kappa shape index (κ3) is 3.58. The molecule has 0 aliphatic carbocycles. The Morgan fingerprint density at radius 1 is 1.19 bits per heavy atom. The molecule has 1 amide bonds. The van der Waals surface area contributed by atoms with Gasteiger partial charge in [0.25, 0.3) is 0 Å². The van der Waals surface area contributed by atoms with Gasteiger partial charge in [0.15, 0.2) is 0 Å². The fourth-order valence-electron chi connectivity index (χ4n) is 2.94. The first kappa shape index (κ1) is 18.4. The van der Waals surface area contributed by atoms with Gasteiger partial charge in [0.1, 0.15) is 12.1 Å². The van der Waals surface area contributed by atoms with Crippen LogP contribution in [-0.2, 0) is 14.8 Å². The van der Waals surface area contributed by atoms with Gasteiger partial charge < -0.3 is 5.32 Å². The topological polar surface area (TPSA) is 90.3 Å². The van der Waals surface area contributed by atoms with Gasteiger partial charge in [-0.1, -0.05) is 23.7 Å². The number of para-hydroxylation sites is 1. The molecular formula is C18H16ClN3O3S.